The van der Waals surface area contributed by atoms with Crippen LogP contribution in [-0.2, 0) is 28.6 Å². The van der Waals surface area contributed by atoms with Crippen LogP contribution in [-0.4, -0.2) is 37.2 Å². The van der Waals surface area contributed by atoms with Gasteiger partial charge in [0.15, 0.2) is 6.10 Å². The van der Waals surface area contributed by atoms with Gasteiger partial charge in [0.2, 0.25) is 0 Å². The third-order valence-corrected chi connectivity index (χ3v) is 11.6. The number of esters is 3. The fourth-order valence-electron chi connectivity index (χ4n) is 7.46. The zero-order chi connectivity index (χ0) is 48.6. The van der Waals surface area contributed by atoms with Gasteiger partial charge in [-0.25, -0.2) is 0 Å². The monoisotopic (exact) mass is 931 g/mol. The van der Waals surface area contributed by atoms with Crippen LogP contribution in [0.25, 0.3) is 0 Å². The Bertz CT molecular complexity index is 1350. The molecule has 0 spiro atoms. The van der Waals surface area contributed by atoms with Crippen LogP contribution in [0.2, 0.25) is 0 Å². The lowest BCUT2D eigenvalue weighted by Gasteiger charge is -2.18. The van der Waals surface area contributed by atoms with E-state index in [9.17, 15) is 14.4 Å². The normalized spacial score (nSPS) is 12.8. The number of carbonyl (C=O) groups excluding carboxylic acids is 3. The molecule has 6 heteroatoms. The van der Waals surface area contributed by atoms with Gasteiger partial charge in [0.1, 0.15) is 13.2 Å². The summed E-state index contributed by atoms with van der Waals surface area (Å²) in [5, 5.41) is 0. The molecule has 0 aliphatic heterocycles. The summed E-state index contributed by atoms with van der Waals surface area (Å²) >= 11 is 0. The van der Waals surface area contributed by atoms with Crippen LogP contribution < -0.4 is 0 Å². The zero-order valence-electron chi connectivity index (χ0n) is 43.6. The first-order valence-electron chi connectivity index (χ1n) is 27.7. The Morgan fingerprint density at radius 1 is 0.313 bits per heavy atom. The number of allylic oxidation sites excluding steroid dienone is 16. The van der Waals surface area contributed by atoms with Crippen LogP contribution in [0.4, 0.5) is 0 Å². The zero-order valence-corrected chi connectivity index (χ0v) is 43.6. The third-order valence-electron chi connectivity index (χ3n) is 11.6. The highest BCUT2D eigenvalue weighted by molar-refractivity contribution is 5.71. The molecule has 0 aliphatic carbocycles. The highest BCUT2D eigenvalue weighted by atomic mass is 16.6. The van der Waals surface area contributed by atoms with E-state index in [1.54, 1.807) is 0 Å². The van der Waals surface area contributed by atoms with E-state index in [4.69, 9.17) is 14.2 Å². The molecule has 67 heavy (non-hydrogen) atoms. The maximum atomic E-state index is 12.7. The molecule has 0 amide bonds. The first-order chi connectivity index (χ1) is 33.0. The predicted octanol–water partition coefficient (Wildman–Crippen LogP) is 18.5. The summed E-state index contributed by atoms with van der Waals surface area (Å²) in [7, 11) is 0. The van der Waals surface area contributed by atoms with Crippen molar-refractivity contribution in [1.82, 2.24) is 0 Å². The Hall–Kier alpha value is -3.67. The van der Waals surface area contributed by atoms with Gasteiger partial charge in [0, 0.05) is 19.3 Å². The van der Waals surface area contributed by atoms with Crippen LogP contribution in [0.15, 0.2) is 97.2 Å². The summed E-state index contributed by atoms with van der Waals surface area (Å²) < 4.78 is 16.7. The second-order valence-electron chi connectivity index (χ2n) is 18.1. The molecule has 0 aromatic rings. The van der Waals surface area contributed by atoms with Gasteiger partial charge in [-0.15, -0.1) is 0 Å². The molecule has 6 nitrogen and oxygen atoms in total. The highest BCUT2D eigenvalue weighted by Gasteiger charge is 2.19. The lowest BCUT2D eigenvalue weighted by Crippen LogP contribution is -2.30. The fraction of sp³-hybridized carbons (Fsp3) is 0.689. The summed E-state index contributed by atoms with van der Waals surface area (Å²) in [5.41, 5.74) is 0. The Labute approximate surface area is 413 Å². The summed E-state index contributed by atoms with van der Waals surface area (Å²) in [5.74, 6) is -0.896. The molecule has 382 valence electrons. The average Bonchev–Trinajstić information content (AvgIpc) is 3.33. The number of ether oxygens (including phenoxy) is 3. The fourth-order valence-corrected chi connectivity index (χ4v) is 7.46. The second-order valence-corrected chi connectivity index (χ2v) is 18.1. The van der Waals surface area contributed by atoms with Crippen molar-refractivity contribution in [2.45, 2.75) is 258 Å². The van der Waals surface area contributed by atoms with Crippen LogP contribution in [0, 0.1) is 0 Å². The van der Waals surface area contributed by atoms with Crippen molar-refractivity contribution >= 4 is 17.9 Å². The molecule has 0 aliphatic rings. The molecule has 0 rings (SSSR count). The predicted molar refractivity (Wildman–Crippen MR) is 288 cm³/mol. The van der Waals surface area contributed by atoms with Crippen LogP contribution in [0.1, 0.15) is 252 Å². The number of hydrogen-bond acceptors (Lipinski definition) is 6. The molecular formula is C61H102O6. The van der Waals surface area contributed by atoms with Crippen molar-refractivity contribution in [3.63, 3.8) is 0 Å². The van der Waals surface area contributed by atoms with Crippen molar-refractivity contribution < 1.29 is 28.6 Å². The third kappa shape index (κ3) is 53.2. The first-order valence-corrected chi connectivity index (χ1v) is 27.7. The summed E-state index contributed by atoms with van der Waals surface area (Å²) in [6.07, 6.45) is 72.9. The van der Waals surface area contributed by atoms with Crippen molar-refractivity contribution in [2.24, 2.45) is 0 Å². The quantitative estimate of drug-likeness (QED) is 0.0262. The van der Waals surface area contributed by atoms with Gasteiger partial charge in [-0.05, 0) is 83.5 Å². The van der Waals surface area contributed by atoms with E-state index < -0.39 is 6.10 Å². The molecule has 1 atom stereocenters. The first kappa shape index (κ1) is 63.3. The smallest absolute Gasteiger partial charge is 0.306 e. The van der Waals surface area contributed by atoms with Crippen molar-refractivity contribution in [3.05, 3.63) is 97.2 Å². The van der Waals surface area contributed by atoms with Gasteiger partial charge in [0.05, 0.1) is 0 Å². The minimum absolute atomic E-state index is 0.0771. The topological polar surface area (TPSA) is 78.9 Å². The Morgan fingerprint density at radius 2 is 0.582 bits per heavy atom. The summed E-state index contributed by atoms with van der Waals surface area (Å²) in [6, 6.07) is 0. The lowest BCUT2D eigenvalue weighted by atomic mass is 10.1. The van der Waals surface area contributed by atoms with Gasteiger partial charge < -0.3 is 14.2 Å². The van der Waals surface area contributed by atoms with E-state index >= 15 is 0 Å². The molecule has 0 saturated heterocycles. The standard InChI is InChI=1S/C61H102O6/c1-4-7-10-13-16-19-20-21-22-23-24-25-26-27-28-29-30-31-32-33-34-35-36-37-38-39-40-41-42-43-46-48-51-54-60(63)66-57-58(67-61(64)55-52-49-45-18-15-12-9-6-3)56-65-59(62)53-50-47-44-17-14-11-8-5-2/h7,10,16,19,21-22,24-25,27-28,30-31,33-34,36-37,58H,4-6,8-9,11-15,17-18,20,23,26,29,32,35,38-57H2,1-3H3/b10-7-,19-16-,22-21-,25-24-,28-27-,31-30-,34-33-,37-36-. The maximum Gasteiger partial charge on any atom is 0.306 e. The Kier molecular flexibility index (Phi) is 51.9. The van der Waals surface area contributed by atoms with Crippen molar-refractivity contribution in [3.8, 4) is 0 Å². The van der Waals surface area contributed by atoms with Crippen LogP contribution >= 0.6 is 0 Å². The second kappa shape index (κ2) is 54.9. The molecule has 0 saturated carbocycles. The van der Waals surface area contributed by atoms with Crippen LogP contribution in [0.3, 0.4) is 0 Å². The van der Waals surface area contributed by atoms with E-state index in [-0.39, 0.29) is 31.1 Å². The van der Waals surface area contributed by atoms with E-state index in [2.05, 4.69) is 118 Å². The molecule has 0 bridgehead atoms. The van der Waals surface area contributed by atoms with Gasteiger partial charge in [-0.2, -0.15) is 0 Å². The van der Waals surface area contributed by atoms with Gasteiger partial charge >= 0.3 is 17.9 Å². The van der Waals surface area contributed by atoms with E-state index in [0.717, 1.165) is 116 Å². The van der Waals surface area contributed by atoms with E-state index in [1.165, 1.54) is 96.3 Å². The maximum absolute atomic E-state index is 12.7. The number of unbranched alkanes of at least 4 members (excludes halogenated alkanes) is 22. The minimum atomic E-state index is -0.773. The van der Waals surface area contributed by atoms with Crippen LogP contribution in [0.5, 0.6) is 0 Å². The van der Waals surface area contributed by atoms with Gasteiger partial charge in [-0.3, -0.25) is 14.4 Å². The Balaban J connectivity index is 4.05. The van der Waals surface area contributed by atoms with E-state index in [0.29, 0.717) is 19.3 Å². The number of rotatable bonds is 49. The Morgan fingerprint density at radius 3 is 0.910 bits per heavy atom. The average molecular weight is 931 g/mol. The van der Waals surface area contributed by atoms with Gasteiger partial charge in [0.25, 0.3) is 0 Å². The molecule has 0 aromatic carbocycles. The molecule has 0 radical (unpaired) electrons. The molecule has 0 N–H and O–H groups in total. The minimum Gasteiger partial charge on any atom is -0.462 e. The van der Waals surface area contributed by atoms with E-state index in [1.807, 2.05) is 0 Å². The number of carbonyl (C=O) groups is 3. The molecule has 0 heterocycles. The summed E-state index contributed by atoms with van der Waals surface area (Å²) in [6.45, 7) is 6.45. The summed E-state index contributed by atoms with van der Waals surface area (Å²) in [4.78, 5) is 37.7. The lowest BCUT2D eigenvalue weighted by molar-refractivity contribution is -0.167. The number of hydrogen-bond donors (Lipinski definition) is 0. The molecule has 0 aromatic heterocycles. The molecule has 1 unspecified atom stereocenters. The largest absolute Gasteiger partial charge is 0.462 e. The van der Waals surface area contributed by atoms with Gasteiger partial charge in [-0.1, -0.05) is 246 Å². The highest BCUT2D eigenvalue weighted by Crippen LogP contribution is 2.14. The SMILES string of the molecule is CC/C=C\C/C=C\C/C=C\C/C=C\C/C=C\C/C=C\C/C=C\C/C=C\CCCCCCCCCCC(=O)OCC(COC(=O)CCCCCCCCCC)OC(=O)CCCCCCCCCC. The molecular weight excluding hydrogens is 829 g/mol. The molecule has 0 fully saturated rings. The van der Waals surface area contributed by atoms with Crippen molar-refractivity contribution in [2.75, 3.05) is 13.2 Å². The van der Waals surface area contributed by atoms with Crippen molar-refractivity contribution in [1.29, 1.82) is 0 Å².